The van der Waals surface area contributed by atoms with E-state index < -0.39 is 0 Å². The summed E-state index contributed by atoms with van der Waals surface area (Å²) in [5, 5.41) is 0. The molecule has 1 saturated carbocycles. The van der Waals surface area contributed by atoms with Gasteiger partial charge in [-0.15, -0.1) is 11.6 Å². The zero-order valence-electron chi connectivity index (χ0n) is 9.53. The fraction of sp³-hybridized carbons (Fsp3) is 0.500. The lowest BCUT2D eigenvalue weighted by Gasteiger charge is -2.26. The molecule has 86 valence electrons. The van der Waals surface area contributed by atoms with Gasteiger partial charge < -0.3 is 0 Å². The van der Waals surface area contributed by atoms with Gasteiger partial charge in [-0.25, -0.2) is 0 Å². The van der Waals surface area contributed by atoms with Crippen LogP contribution in [0.15, 0.2) is 35.3 Å². The number of hydrogen-bond donors (Lipinski definition) is 0. The van der Waals surface area contributed by atoms with Crippen molar-refractivity contribution in [2.24, 2.45) is 4.99 Å². The van der Waals surface area contributed by atoms with Crippen molar-refractivity contribution in [1.82, 2.24) is 0 Å². The molecule has 2 heteroatoms. The van der Waals surface area contributed by atoms with Crippen molar-refractivity contribution >= 4 is 17.8 Å². The number of rotatable bonds is 3. The summed E-state index contributed by atoms with van der Waals surface area (Å²) in [4.78, 5) is 4.32. The Balaban J connectivity index is 1.89. The molecular formula is C14H18ClN. The first kappa shape index (κ1) is 11.7. The Kier molecular flexibility index (Phi) is 4.00. The quantitative estimate of drug-likeness (QED) is 0.550. The Morgan fingerprint density at radius 3 is 2.50 bits per heavy atom. The number of halogens is 1. The summed E-state index contributed by atoms with van der Waals surface area (Å²) in [7, 11) is 0. The molecule has 1 fully saturated rings. The van der Waals surface area contributed by atoms with Gasteiger partial charge in [-0.1, -0.05) is 49.6 Å². The first-order chi connectivity index (χ1) is 7.79. The van der Waals surface area contributed by atoms with E-state index in [9.17, 15) is 0 Å². The van der Waals surface area contributed by atoms with Gasteiger partial charge in [0.2, 0.25) is 0 Å². The molecule has 0 unspecified atom stereocenters. The minimum Gasteiger partial charge on any atom is -0.291 e. The molecule has 0 heterocycles. The van der Waals surface area contributed by atoms with Gasteiger partial charge in [0.1, 0.15) is 0 Å². The first-order valence-electron chi connectivity index (χ1n) is 6.02. The van der Waals surface area contributed by atoms with Crippen LogP contribution in [-0.4, -0.2) is 11.1 Å². The Labute approximate surface area is 103 Å². The largest absolute Gasteiger partial charge is 0.291 e. The number of hydrogen-bond acceptors (Lipinski definition) is 1. The molecule has 0 atom stereocenters. The van der Waals surface area contributed by atoms with Gasteiger partial charge in [-0.3, -0.25) is 4.99 Å². The van der Waals surface area contributed by atoms with Crippen molar-refractivity contribution in [3.05, 3.63) is 35.9 Å². The van der Waals surface area contributed by atoms with Crippen molar-refractivity contribution in [3.8, 4) is 0 Å². The molecule has 0 amide bonds. The van der Waals surface area contributed by atoms with E-state index in [4.69, 9.17) is 11.6 Å². The molecule has 1 aromatic rings. The second kappa shape index (κ2) is 5.49. The highest BCUT2D eigenvalue weighted by Crippen LogP contribution is 2.32. The summed E-state index contributed by atoms with van der Waals surface area (Å²) < 4.78 is 0. The van der Waals surface area contributed by atoms with Crippen molar-refractivity contribution < 1.29 is 0 Å². The predicted octanol–water partition coefficient (Wildman–Crippen LogP) is 4.20. The van der Waals surface area contributed by atoms with Crippen LogP contribution in [0.4, 0.5) is 0 Å². The number of alkyl halides is 1. The van der Waals surface area contributed by atoms with E-state index in [1.165, 1.54) is 24.8 Å². The molecule has 0 radical (unpaired) electrons. The molecule has 1 nitrogen and oxygen atoms in total. The van der Waals surface area contributed by atoms with Crippen LogP contribution in [0.2, 0.25) is 0 Å². The molecular weight excluding hydrogens is 218 g/mol. The minimum absolute atomic E-state index is 0.160. The maximum atomic E-state index is 6.49. The fourth-order valence-corrected chi connectivity index (χ4v) is 2.50. The summed E-state index contributed by atoms with van der Waals surface area (Å²) in [5.41, 5.74) is 1.25. The van der Waals surface area contributed by atoms with Crippen LogP contribution < -0.4 is 0 Å². The third-order valence-electron chi connectivity index (χ3n) is 3.12. The van der Waals surface area contributed by atoms with Gasteiger partial charge in [0.05, 0.1) is 11.4 Å². The lowest BCUT2D eigenvalue weighted by Crippen LogP contribution is -2.26. The van der Waals surface area contributed by atoms with Crippen molar-refractivity contribution in [2.75, 3.05) is 0 Å². The normalized spacial score (nSPS) is 20.1. The molecule has 2 rings (SSSR count). The van der Waals surface area contributed by atoms with Crippen LogP contribution >= 0.6 is 11.6 Å². The third-order valence-corrected chi connectivity index (χ3v) is 3.60. The van der Waals surface area contributed by atoms with Gasteiger partial charge >= 0.3 is 0 Å². The third kappa shape index (κ3) is 3.34. The topological polar surface area (TPSA) is 12.4 Å². The second-order valence-electron chi connectivity index (χ2n) is 4.55. The standard InChI is InChI=1S/C14H18ClN/c15-14(9-5-2-6-10-14)12-16-11-13-7-3-1-4-8-13/h1,3-4,7-8,12H,2,5-6,9-11H2. The fourth-order valence-electron chi connectivity index (χ4n) is 2.17. The van der Waals surface area contributed by atoms with Gasteiger partial charge in [0.15, 0.2) is 0 Å². The molecule has 1 aliphatic rings. The number of nitrogens with zero attached hydrogens (tertiary/aromatic N) is 1. The number of aliphatic imine (C=N–C) groups is 1. The molecule has 0 spiro atoms. The molecule has 0 bridgehead atoms. The van der Waals surface area contributed by atoms with Crippen LogP contribution in [0.25, 0.3) is 0 Å². The Morgan fingerprint density at radius 1 is 1.12 bits per heavy atom. The van der Waals surface area contributed by atoms with Gasteiger partial charge in [0, 0.05) is 6.21 Å². The van der Waals surface area contributed by atoms with E-state index in [0.717, 1.165) is 19.4 Å². The van der Waals surface area contributed by atoms with E-state index in [2.05, 4.69) is 17.1 Å². The van der Waals surface area contributed by atoms with Gasteiger partial charge in [-0.05, 0) is 18.4 Å². The summed E-state index contributed by atoms with van der Waals surface area (Å²) in [5.74, 6) is 0. The lowest BCUT2D eigenvalue weighted by atomic mass is 9.89. The maximum Gasteiger partial charge on any atom is 0.0792 e. The molecule has 16 heavy (non-hydrogen) atoms. The van der Waals surface area contributed by atoms with Crippen molar-refractivity contribution in [1.29, 1.82) is 0 Å². The second-order valence-corrected chi connectivity index (χ2v) is 5.30. The Hall–Kier alpha value is -0.820. The first-order valence-corrected chi connectivity index (χ1v) is 6.40. The zero-order valence-corrected chi connectivity index (χ0v) is 10.3. The summed E-state index contributed by atoms with van der Waals surface area (Å²) >= 11 is 6.49. The van der Waals surface area contributed by atoms with Crippen LogP contribution in [0.1, 0.15) is 37.7 Å². The predicted molar refractivity (Wildman–Crippen MR) is 70.3 cm³/mol. The molecule has 0 aliphatic heterocycles. The SMILES string of the molecule is ClC1(C=NCc2ccccc2)CCCCC1. The van der Waals surface area contributed by atoms with E-state index in [0.29, 0.717) is 0 Å². The molecule has 0 N–H and O–H groups in total. The van der Waals surface area contributed by atoms with Gasteiger partial charge in [0.25, 0.3) is 0 Å². The number of benzene rings is 1. The molecule has 1 aliphatic carbocycles. The van der Waals surface area contributed by atoms with Crippen LogP contribution in [0, 0.1) is 0 Å². The average molecular weight is 236 g/mol. The minimum atomic E-state index is -0.160. The summed E-state index contributed by atoms with van der Waals surface area (Å²) in [6.07, 6.45) is 7.92. The lowest BCUT2D eigenvalue weighted by molar-refractivity contribution is 0.468. The monoisotopic (exact) mass is 235 g/mol. The van der Waals surface area contributed by atoms with Crippen LogP contribution in [0.5, 0.6) is 0 Å². The van der Waals surface area contributed by atoms with Crippen molar-refractivity contribution in [3.63, 3.8) is 0 Å². The highest BCUT2D eigenvalue weighted by molar-refractivity contribution is 6.32. The Bertz CT molecular complexity index is 339. The molecule has 1 aromatic carbocycles. The van der Waals surface area contributed by atoms with E-state index in [1.807, 2.05) is 24.4 Å². The smallest absolute Gasteiger partial charge is 0.0792 e. The highest BCUT2D eigenvalue weighted by atomic mass is 35.5. The highest BCUT2D eigenvalue weighted by Gasteiger charge is 2.26. The zero-order chi connectivity index (χ0) is 11.3. The van der Waals surface area contributed by atoms with Crippen LogP contribution in [0.3, 0.4) is 0 Å². The maximum absolute atomic E-state index is 6.49. The van der Waals surface area contributed by atoms with E-state index >= 15 is 0 Å². The van der Waals surface area contributed by atoms with E-state index in [1.54, 1.807) is 0 Å². The molecule has 0 aromatic heterocycles. The summed E-state index contributed by atoms with van der Waals surface area (Å²) in [6, 6.07) is 10.3. The van der Waals surface area contributed by atoms with E-state index in [-0.39, 0.29) is 4.87 Å². The van der Waals surface area contributed by atoms with Crippen LogP contribution in [-0.2, 0) is 6.54 Å². The van der Waals surface area contributed by atoms with Crippen molar-refractivity contribution in [2.45, 2.75) is 43.5 Å². The van der Waals surface area contributed by atoms with Gasteiger partial charge in [-0.2, -0.15) is 0 Å². The molecule has 0 saturated heterocycles. The Morgan fingerprint density at radius 2 is 1.81 bits per heavy atom. The average Bonchev–Trinajstić information content (AvgIpc) is 2.31. The summed E-state index contributed by atoms with van der Waals surface area (Å²) in [6.45, 7) is 0.745.